The first-order valence-corrected chi connectivity index (χ1v) is 7.56. The van der Waals surface area contributed by atoms with Crippen LogP contribution in [0.1, 0.15) is 35.1 Å². The molecule has 0 heterocycles. The Bertz CT molecular complexity index is 514. The summed E-state index contributed by atoms with van der Waals surface area (Å²) in [6.45, 7) is 3.30. The van der Waals surface area contributed by atoms with Crippen LogP contribution in [0, 0.1) is 6.92 Å². The third-order valence-corrected chi connectivity index (χ3v) is 3.82. The van der Waals surface area contributed by atoms with Crippen LogP contribution in [0.3, 0.4) is 0 Å². The Balaban J connectivity index is 1.90. The number of rotatable bonds is 7. The quantitative estimate of drug-likeness (QED) is 0.744. The highest BCUT2D eigenvalue weighted by Crippen LogP contribution is 2.15. The lowest BCUT2D eigenvalue weighted by Crippen LogP contribution is -2.07. The molecule has 0 unspecified atom stereocenters. The van der Waals surface area contributed by atoms with Crippen LogP contribution in [0.2, 0.25) is 0 Å². The van der Waals surface area contributed by atoms with Gasteiger partial charge in [0, 0.05) is 0 Å². The first-order valence-electron chi connectivity index (χ1n) is 7.56. The summed E-state index contributed by atoms with van der Waals surface area (Å²) in [6.07, 6.45) is 4.73. The predicted octanol–water partition coefficient (Wildman–Crippen LogP) is 4.13. The van der Waals surface area contributed by atoms with Crippen LogP contribution in [-0.2, 0) is 12.8 Å². The molecule has 1 nitrogen and oxygen atoms in total. The normalized spacial score (nSPS) is 10.7. The van der Waals surface area contributed by atoms with Gasteiger partial charge in [0.05, 0.1) is 0 Å². The van der Waals surface area contributed by atoms with Gasteiger partial charge in [0.15, 0.2) is 0 Å². The number of hydrogen-bond donors (Lipinski definition) is 1. The van der Waals surface area contributed by atoms with Crippen LogP contribution in [0.15, 0.2) is 48.5 Å². The Labute approximate surface area is 123 Å². The molecule has 0 aliphatic heterocycles. The molecular weight excluding hydrogens is 242 g/mol. The highest BCUT2D eigenvalue weighted by atomic mass is 14.8. The van der Waals surface area contributed by atoms with Crippen molar-refractivity contribution < 1.29 is 0 Å². The van der Waals surface area contributed by atoms with Crippen molar-refractivity contribution in [1.29, 1.82) is 0 Å². The Morgan fingerprint density at radius 3 is 2.25 bits per heavy atom. The molecule has 0 saturated heterocycles. The molecule has 2 aromatic carbocycles. The number of aryl methyl sites for hydroxylation is 2. The molecular formula is C19H25N. The fraction of sp³-hybridized carbons (Fsp3) is 0.368. The van der Waals surface area contributed by atoms with E-state index in [1.54, 1.807) is 0 Å². The fourth-order valence-corrected chi connectivity index (χ4v) is 2.48. The van der Waals surface area contributed by atoms with Crippen molar-refractivity contribution in [2.45, 2.75) is 32.6 Å². The smallest absolute Gasteiger partial charge is 0.00231 e. The Kier molecular flexibility index (Phi) is 5.82. The maximum atomic E-state index is 3.20. The topological polar surface area (TPSA) is 12.0 Å². The van der Waals surface area contributed by atoms with Crippen molar-refractivity contribution >= 4 is 0 Å². The Morgan fingerprint density at radius 1 is 0.850 bits per heavy atom. The zero-order chi connectivity index (χ0) is 14.2. The molecule has 20 heavy (non-hydrogen) atoms. The second-order valence-corrected chi connectivity index (χ2v) is 5.48. The lowest BCUT2D eigenvalue weighted by atomic mass is 9.99. The molecule has 0 aliphatic carbocycles. The molecule has 0 bridgehead atoms. The molecule has 0 atom stereocenters. The van der Waals surface area contributed by atoms with Gasteiger partial charge in [-0.3, -0.25) is 0 Å². The average molecular weight is 267 g/mol. The summed E-state index contributed by atoms with van der Waals surface area (Å²) in [6, 6.07) is 17.8. The largest absolute Gasteiger partial charge is 0.320 e. The van der Waals surface area contributed by atoms with Gasteiger partial charge in [-0.1, -0.05) is 48.5 Å². The minimum absolute atomic E-state index is 1.03. The zero-order valence-corrected chi connectivity index (χ0v) is 12.7. The molecule has 0 aromatic heterocycles. The first kappa shape index (κ1) is 14.8. The highest BCUT2D eigenvalue weighted by Gasteiger charge is 2.00. The van der Waals surface area contributed by atoms with E-state index in [4.69, 9.17) is 0 Å². The van der Waals surface area contributed by atoms with E-state index in [0.29, 0.717) is 0 Å². The van der Waals surface area contributed by atoms with Gasteiger partial charge < -0.3 is 5.32 Å². The molecule has 2 aromatic rings. The Morgan fingerprint density at radius 2 is 1.55 bits per heavy atom. The summed E-state index contributed by atoms with van der Waals surface area (Å²) in [7, 11) is 2.01. The zero-order valence-electron chi connectivity index (χ0n) is 12.7. The van der Waals surface area contributed by atoms with Gasteiger partial charge in [-0.2, -0.15) is 0 Å². The van der Waals surface area contributed by atoms with Gasteiger partial charge in [0.1, 0.15) is 0 Å². The van der Waals surface area contributed by atoms with E-state index in [9.17, 15) is 0 Å². The van der Waals surface area contributed by atoms with Crippen LogP contribution in [-0.4, -0.2) is 13.6 Å². The van der Waals surface area contributed by atoms with E-state index in [-0.39, 0.29) is 0 Å². The van der Waals surface area contributed by atoms with Crippen LogP contribution < -0.4 is 5.32 Å². The van der Waals surface area contributed by atoms with E-state index >= 15 is 0 Å². The maximum Gasteiger partial charge on any atom is -0.00231 e. The van der Waals surface area contributed by atoms with Gasteiger partial charge in [0.25, 0.3) is 0 Å². The summed E-state index contributed by atoms with van der Waals surface area (Å²) in [5.41, 5.74) is 5.66. The third-order valence-electron chi connectivity index (χ3n) is 3.82. The minimum atomic E-state index is 1.03. The summed E-state index contributed by atoms with van der Waals surface area (Å²) in [4.78, 5) is 0. The van der Waals surface area contributed by atoms with Crippen LogP contribution in [0.4, 0.5) is 0 Å². The van der Waals surface area contributed by atoms with Crippen LogP contribution in [0.25, 0.3) is 0 Å². The van der Waals surface area contributed by atoms with Crippen LogP contribution in [0.5, 0.6) is 0 Å². The molecule has 0 fully saturated rings. The molecule has 106 valence electrons. The molecule has 1 N–H and O–H groups in total. The van der Waals surface area contributed by atoms with Gasteiger partial charge >= 0.3 is 0 Å². The van der Waals surface area contributed by atoms with Crippen molar-refractivity contribution in [3.05, 3.63) is 70.8 Å². The molecule has 2 rings (SSSR count). The van der Waals surface area contributed by atoms with E-state index in [0.717, 1.165) is 13.0 Å². The maximum absolute atomic E-state index is 3.20. The summed E-state index contributed by atoms with van der Waals surface area (Å²) >= 11 is 0. The van der Waals surface area contributed by atoms with Crippen molar-refractivity contribution in [3.63, 3.8) is 0 Å². The second kappa shape index (κ2) is 7.86. The van der Waals surface area contributed by atoms with Crippen molar-refractivity contribution in [2.75, 3.05) is 13.6 Å². The van der Waals surface area contributed by atoms with Gasteiger partial charge in [-0.05, 0) is 68.5 Å². The van der Waals surface area contributed by atoms with Crippen molar-refractivity contribution in [1.82, 2.24) is 5.32 Å². The first-order chi connectivity index (χ1) is 9.79. The molecule has 0 aliphatic rings. The van der Waals surface area contributed by atoms with Gasteiger partial charge in [0.2, 0.25) is 0 Å². The SMILES string of the molecule is CNCCCCc1ccc(Cc2ccccc2C)cc1. The van der Waals surface area contributed by atoms with E-state index in [2.05, 4.69) is 60.8 Å². The monoisotopic (exact) mass is 267 g/mol. The number of benzene rings is 2. The predicted molar refractivity (Wildman–Crippen MR) is 87.3 cm³/mol. The average Bonchev–Trinajstić information content (AvgIpc) is 2.48. The summed E-state index contributed by atoms with van der Waals surface area (Å²) in [5, 5.41) is 3.20. The third kappa shape index (κ3) is 4.50. The lowest BCUT2D eigenvalue weighted by Gasteiger charge is -2.07. The molecule has 1 heteroatoms. The van der Waals surface area contributed by atoms with Gasteiger partial charge in [-0.25, -0.2) is 0 Å². The number of nitrogens with one attached hydrogen (secondary N) is 1. The summed E-state index contributed by atoms with van der Waals surface area (Å²) in [5.74, 6) is 0. The molecule has 0 radical (unpaired) electrons. The van der Waals surface area contributed by atoms with E-state index < -0.39 is 0 Å². The molecule has 0 amide bonds. The van der Waals surface area contributed by atoms with Crippen LogP contribution >= 0.6 is 0 Å². The lowest BCUT2D eigenvalue weighted by molar-refractivity contribution is 0.677. The number of hydrogen-bond acceptors (Lipinski definition) is 1. The van der Waals surface area contributed by atoms with Crippen molar-refractivity contribution in [3.8, 4) is 0 Å². The van der Waals surface area contributed by atoms with E-state index in [1.165, 1.54) is 41.5 Å². The summed E-state index contributed by atoms with van der Waals surface area (Å²) < 4.78 is 0. The van der Waals surface area contributed by atoms with Crippen molar-refractivity contribution in [2.24, 2.45) is 0 Å². The molecule has 0 saturated carbocycles. The second-order valence-electron chi connectivity index (χ2n) is 5.48. The minimum Gasteiger partial charge on any atom is -0.320 e. The van der Waals surface area contributed by atoms with Gasteiger partial charge in [-0.15, -0.1) is 0 Å². The standard InChI is InChI=1S/C19H25N/c1-16-7-3-4-9-19(16)15-18-12-10-17(11-13-18)8-5-6-14-20-2/h3-4,7,9-13,20H,5-6,8,14-15H2,1-2H3. The number of unbranched alkanes of at least 4 members (excludes halogenated alkanes) is 1. The molecule has 0 spiro atoms. The highest BCUT2D eigenvalue weighted by molar-refractivity contribution is 5.33. The Hall–Kier alpha value is -1.60. The fourth-order valence-electron chi connectivity index (χ4n) is 2.48. The van der Waals surface area contributed by atoms with E-state index in [1.807, 2.05) is 7.05 Å².